The standard InChI is InChI=1S/C12H21NO5/c1-11(2,3)18-10(16)13-6-7-17-12(4,5)8(13)9(14)15/h8H,6-7H2,1-5H3,(H,14,15)/t8-/m0/s1. The van der Waals surface area contributed by atoms with Crippen LogP contribution < -0.4 is 0 Å². The van der Waals surface area contributed by atoms with Gasteiger partial charge in [0, 0.05) is 6.54 Å². The summed E-state index contributed by atoms with van der Waals surface area (Å²) in [6.45, 7) is 9.06. The highest BCUT2D eigenvalue weighted by atomic mass is 16.6. The van der Waals surface area contributed by atoms with E-state index in [4.69, 9.17) is 9.47 Å². The van der Waals surface area contributed by atoms with Crippen molar-refractivity contribution in [1.82, 2.24) is 4.90 Å². The third kappa shape index (κ3) is 3.35. The summed E-state index contributed by atoms with van der Waals surface area (Å²) < 4.78 is 10.6. The zero-order valence-corrected chi connectivity index (χ0v) is 11.5. The first-order valence-electron chi connectivity index (χ1n) is 5.91. The van der Waals surface area contributed by atoms with Crippen LogP contribution in [0, 0.1) is 0 Å². The molecule has 1 aliphatic heterocycles. The number of carbonyl (C=O) groups is 2. The minimum absolute atomic E-state index is 0.218. The van der Waals surface area contributed by atoms with E-state index in [0.29, 0.717) is 6.61 Å². The van der Waals surface area contributed by atoms with Crippen molar-refractivity contribution in [1.29, 1.82) is 0 Å². The Bertz CT molecular complexity index is 345. The van der Waals surface area contributed by atoms with Gasteiger partial charge >= 0.3 is 12.1 Å². The maximum atomic E-state index is 12.0. The molecule has 104 valence electrons. The van der Waals surface area contributed by atoms with Gasteiger partial charge in [-0.05, 0) is 34.6 Å². The van der Waals surface area contributed by atoms with E-state index in [1.807, 2.05) is 0 Å². The number of hydrogen-bond donors (Lipinski definition) is 1. The Balaban J connectivity index is 2.91. The third-order valence-electron chi connectivity index (χ3n) is 2.64. The van der Waals surface area contributed by atoms with Crippen molar-refractivity contribution in [2.24, 2.45) is 0 Å². The molecule has 6 nitrogen and oxygen atoms in total. The highest BCUT2D eigenvalue weighted by Gasteiger charge is 2.47. The Morgan fingerprint density at radius 3 is 2.39 bits per heavy atom. The summed E-state index contributed by atoms with van der Waals surface area (Å²) in [5.41, 5.74) is -1.58. The Labute approximate surface area is 107 Å². The fourth-order valence-electron chi connectivity index (χ4n) is 1.94. The fraction of sp³-hybridized carbons (Fsp3) is 0.833. The molecule has 0 aromatic carbocycles. The second-order valence-electron chi connectivity index (χ2n) is 5.87. The molecular weight excluding hydrogens is 238 g/mol. The van der Waals surface area contributed by atoms with Gasteiger partial charge in [-0.2, -0.15) is 0 Å². The largest absolute Gasteiger partial charge is 0.480 e. The molecule has 0 aromatic rings. The van der Waals surface area contributed by atoms with Crippen LogP contribution in [0.4, 0.5) is 4.79 Å². The number of rotatable bonds is 1. The van der Waals surface area contributed by atoms with Gasteiger partial charge in [0.05, 0.1) is 12.2 Å². The lowest BCUT2D eigenvalue weighted by molar-refractivity contribution is -0.169. The average molecular weight is 259 g/mol. The van der Waals surface area contributed by atoms with E-state index in [1.54, 1.807) is 34.6 Å². The van der Waals surface area contributed by atoms with Crippen molar-refractivity contribution in [3.05, 3.63) is 0 Å². The van der Waals surface area contributed by atoms with Crippen LogP contribution >= 0.6 is 0 Å². The van der Waals surface area contributed by atoms with Crippen molar-refractivity contribution in [2.45, 2.75) is 51.9 Å². The molecule has 0 bridgehead atoms. The van der Waals surface area contributed by atoms with E-state index in [9.17, 15) is 14.7 Å². The number of carboxylic acid groups (broad SMARTS) is 1. The number of carbonyl (C=O) groups excluding carboxylic acids is 1. The van der Waals surface area contributed by atoms with Gasteiger partial charge in [-0.15, -0.1) is 0 Å². The van der Waals surface area contributed by atoms with Gasteiger partial charge in [-0.3, -0.25) is 4.90 Å². The molecule has 0 aromatic heterocycles. The van der Waals surface area contributed by atoms with Crippen molar-refractivity contribution < 1.29 is 24.2 Å². The highest BCUT2D eigenvalue weighted by molar-refractivity contribution is 5.81. The SMILES string of the molecule is CC(C)(C)OC(=O)N1CCOC(C)(C)[C@@H]1C(=O)O. The lowest BCUT2D eigenvalue weighted by Crippen LogP contribution is -2.62. The van der Waals surface area contributed by atoms with Crippen molar-refractivity contribution >= 4 is 12.1 Å². The number of morpholine rings is 1. The third-order valence-corrected chi connectivity index (χ3v) is 2.64. The van der Waals surface area contributed by atoms with Crippen LogP contribution in [0.3, 0.4) is 0 Å². The number of ether oxygens (including phenoxy) is 2. The minimum Gasteiger partial charge on any atom is -0.480 e. The second kappa shape index (κ2) is 4.76. The monoisotopic (exact) mass is 259 g/mol. The summed E-state index contributed by atoms with van der Waals surface area (Å²) >= 11 is 0. The summed E-state index contributed by atoms with van der Waals surface area (Å²) in [6.07, 6.45) is -0.619. The summed E-state index contributed by atoms with van der Waals surface area (Å²) in [4.78, 5) is 24.5. The topological polar surface area (TPSA) is 76.1 Å². The molecule has 1 N–H and O–H groups in total. The first-order valence-corrected chi connectivity index (χ1v) is 5.91. The molecule has 1 fully saturated rings. The summed E-state index contributed by atoms with van der Waals surface area (Å²) in [5, 5.41) is 9.26. The van der Waals surface area contributed by atoms with Crippen LogP contribution in [0.2, 0.25) is 0 Å². The van der Waals surface area contributed by atoms with Gasteiger partial charge in [-0.25, -0.2) is 9.59 Å². The molecule has 0 unspecified atom stereocenters. The zero-order valence-electron chi connectivity index (χ0n) is 11.5. The summed E-state index contributed by atoms with van der Waals surface area (Å²) in [5.74, 6) is -1.09. The second-order valence-corrected chi connectivity index (χ2v) is 5.87. The number of amides is 1. The maximum absolute atomic E-state index is 12.0. The first kappa shape index (κ1) is 14.8. The molecule has 1 amide bonds. The molecule has 1 atom stereocenters. The van der Waals surface area contributed by atoms with E-state index in [2.05, 4.69) is 0 Å². The number of hydrogen-bond acceptors (Lipinski definition) is 4. The average Bonchev–Trinajstić information content (AvgIpc) is 2.11. The molecule has 6 heteroatoms. The maximum Gasteiger partial charge on any atom is 0.411 e. The lowest BCUT2D eigenvalue weighted by Gasteiger charge is -2.43. The molecule has 1 saturated heterocycles. The minimum atomic E-state index is -1.09. The van der Waals surface area contributed by atoms with Gasteiger partial charge in [-0.1, -0.05) is 0 Å². The van der Waals surface area contributed by atoms with Crippen LogP contribution in [0.25, 0.3) is 0 Å². The molecule has 1 rings (SSSR count). The van der Waals surface area contributed by atoms with E-state index in [-0.39, 0.29) is 6.54 Å². The van der Waals surface area contributed by atoms with Crippen LogP contribution in [0.15, 0.2) is 0 Å². The Morgan fingerprint density at radius 2 is 1.94 bits per heavy atom. The molecule has 18 heavy (non-hydrogen) atoms. The quantitative estimate of drug-likeness (QED) is 0.772. The molecule has 1 aliphatic rings. The summed E-state index contributed by atoms with van der Waals surface area (Å²) in [6, 6.07) is -1.04. The molecule has 1 heterocycles. The molecular formula is C12H21NO5. The number of carboxylic acids is 1. The van der Waals surface area contributed by atoms with E-state index in [1.165, 1.54) is 4.90 Å². The molecule has 0 radical (unpaired) electrons. The van der Waals surface area contributed by atoms with Gasteiger partial charge in [0.25, 0.3) is 0 Å². The van der Waals surface area contributed by atoms with Crippen molar-refractivity contribution in [2.75, 3.05) is 13.2 Å². The zero-order chi connectivity index (χ0) is 14.1. The Kier molecular flexibility index (Phi) is 3.90. The molecule has 0 aliphatic carbocycles. The fourth-order valence-corrected chi connectivity index (χ4v) is 1.94. The van der Waals surface area contributed by atoms with Gasteiger partial charge < -0.3 is 14.6 Å². The summed E-state index contributed by atoms with van der Waals surface area (Å²) in [7, 11) is 0. The van der Waals surface area contributed by atoms with Gasteiger partial charge in [0.2, 0.25) is 0 Å². The highest BCUT2D eigenvalue weighted by Crippen LogP contribution is 2.26. The normalized spacial score (nSPS) is 23.6. The predicted molar refractivity (Wildman–Crippen MR) is 64.4 cm³/mol. The van der Waals surface area contributed by atoms with Gasteiger partial charge in [0.1, 0.15) is 5.60 Å². The molecule has 0 saturated carbocycles. The van der Waals surface area contributed by atoms with Crippen LogP contribution in [0.1, 0.15) is 34.6 Å². The van der Waals surface area contributed by atoms with Crippen molar-refractivity contribution in [3.63, 3.8) is 0 Å². The lowest BCUT2D eigenvalue weighted by atomic mass is 9.95. The van der Waals surface area contributed by atoms with Crippen LogP contribution in [-0.4, -0.2) is 52.5 Å². The number of aliphatic carboxylic acids is 1. The van der Waals surface area contributed by atoms with E-state index >= 15 is 0 Å². The predicted octanol–water partition coefficient (Wildman–Crippen LogP) is 1.49. The van der Waals surface area contributed by atoms with Crippen molar-refractivity contribution in [3.8, 4) is 0 Å². The van der Waals surface area contributed by atoms with Crippen LogP contribution in [0.5, 0.6) is 0 Å². The van der Waals surface area contributed by atoms with Crippen LogP contribution in [-0.2, 0) is 14.3 Å². The van der Waals surface area contributed by atoms with Gasteiger partial charge in [0.15, 0.2) is 6.04 Å². The smallest absolute Gasteiger partial charge is 0.411 e. The first-order chi connectivity index (χ1) is 8.04. The van der Waals surface area contributed by atoms with E-state index < -0.39 is 29.3 Å². The molecule has 0 spiro atoms. The Hall–Kier alpha value is -1.30. The number of nitrogens with zero attached hydrogens (tertiary/aromatic N) is 1. The Morgan fingerprint density at radius 1 is 1.39 bits per heavy atom. The van der Waals surface area contributed by atoms with E-state index in [0.717, 1.165) is 0 Å².